The number of nitrogens with one attached hydrogen (secondary N) is 3. The van der Waals surface area contributed by atoms with Gasteiger partial charge >= 0.3 is 0 Å². The topological polar surface area (TPSA) is 66.0 Å². The van der Waals surface area contributed by atoms with Crippen LogP contribution in [0.15, 0.2) is 42.6 Å². The number of benzene rings is 1. The smallest absolute Gasteiger partial charge is 0.254 e. The summed E-state index contributed by atoms with van der Waals surface area (Å²) in [5, 5.41) is 3.17. The van der Waals surface area contributed by atoms with Gasteiger partial charge in [-0.1, -0.05) is 41.4 Å². The quantitative estimate of drug-likeness (QED) is 0.752. The van der Waals surface area contributed by atoms with Gasteiger partial charge in [0.1, 0.15) is 5.15 Å². The molecular formula is C17H19ClN4O. The van der Waals surface area contributed by atoms with Crippen LogP contribution in [0, 0.1) is 12.8 Å². The van der Waals surface area contributed by atoms with Gasteiger partial charge in [-0.25, -0.2) is 10.4 Å². The van der Waals surface area contributed by atoms with Crippen LogP contribution < -0.4 is 16.2 Å². The van der Waals surface area contributed by atoms with Crippen LogP contribution in [0.3, 0.4) is 0 Å². The number of amides is 1. The monoisotopic (exact) mass is 330 g/mol. The molecule has 2 heterocycles. The van der Waals surface area contributed by atoms with Gasteiger partial charge in [0.15, 0.2) is 0 Å². The van der Waals surface area contributed by atoms with E-state index in [4.69, 9.17) is 11.6 Å². The molecule has 5 nitrogen and oxygen atoms in total. The van der Waals surface area contributed by atoms with Crippen molar-refractivity contribution in [1.29, 1.82) is 0 Å². The highest BCUT2D eigenvalue weighted by Gasteiger charge is 2.28. The SMILES string of the molecule is Cc1ccc(C2NNCC2CNC(=O)c2cccnc2Cl)cc1. The van der Waals surface area contributed by atoms with Crippen LogP contribution in [0.2, 0.25) is 5.15 Å². The van der Waals surface area contributed by atoms with E-state index in [1.807, 2.05) is 0 Å². The van der Waals surface area contributed by atoms with Crippen molar-refractivity contribution in [2.75, 3.05) is 13.1 Å². The maximum atomic E-state index is 12.2. The Bertz CT molecular complexity index is 689. The van der Waals surface area contributed by atoms with E-state index in [9.17, 15) is 4.79 Å². The number of hydrogen-bond donors (Lipinski definition) is 3. The molecule has 1 saturated heterocycles. The molecule has 1 fully saturated rings. The van der Waals surface area contributed by atoms with E-state index in [0.29, 0.717) is 12.1 Å². The zero-order valence-electron chi connectivity index (χ0n) is 12.8. The number of hydrogen-bond acceptors (Lipinski definition) is 4. The van der Waals surface area contributed by atoms with Crippen molar-refractivity contribution in [3.63, 3.8) is 0 Å². The van der Waals surface area contributed by atoms with Gasteiger partial charge < -0.3 is 5.32 Å². The summed E-state index contributed by atoms with van der Waals surface area (Å²) in [6.07, 6.45) is 1.57. The second-order valence-corrected chi connectivity index (χ2v) is 6.08. The highest BCUT2D eigenvalue weighted by Crippen LogP contribution is 2.24. The lowest BCUT2D eigenvalue weighted by molar-refractivity contribution is 0.0946. The molecule has 0 saturated carbocycles. The molecule has 0 aliphatic carbocycles. The molecule has 2 aromatic rings. The number of aryl methyl sites for hydroxylation is 1. The fourth-order valence-electron chi connectivity index (χ4n) is 2.73. The van der Waals surface area contributed by atoms with Crippen molar-refractivity contribution in [3.8, 4) is 0 Å². The summed E-state index contributed by atoms with van der Waals surface area (Å²) in [6, 6.07) is 12.0. The average Bonchev–Trinajstić information content (AvgIpc) is 3.02. The van der Waals surface area contributed by atoms with Gasteiger partial charge in [-0.05, 0) is 24.6 Å². The van der Waals surface area contributed by atoms with Crippen molar-refractivity contribution in [1.82, 2.24) is 21.2 Å². The molecule has 1 aliphatic rings. The fraction of sp³-hybridized carbons (Fsp3) is 0.294. The van der Waals surface area contributed by atoms with Gasteiger partial charge in [-0.15, -0.1) is 0 Å². The Morgan fingerprint density at radius 2 is 2.13 bits per heavy atom. The molecule has 0 radical (unpaired) electrons. The number of carbonyl (C=O) groups excluding carboxylic acids is 1. The van der Waals surface area contributed by atoms with Crippen molar-refractivity contribution in [2.45, 2.75) is 13.0 Å². The van der Waals surface area contributed by atoms with Gasteiger partial charge in [0.05, 0.1) is 11.6 Å². The molecule has 0 bridgehead atoms. The minimum Gasteiger partial charge on any atom is -0.352 e. The maximum absolute atomic E-state index is 12.2. The predicted molar refractivity (Wildman–Crippen MR) is 90.1 cm³/mol. The lowest BCUT2D eigenvalue weighted by Crippen LogP contribution is -2.33. The summed E-state index contributed by atoms with van der Waals surface area (Å²) in [5.41, 5.74) is 9.29. The van der Waals surface area contributed by atoms with Crippen LogP contribution in [0.5, 0.6) is 0 Å². The first-order valence-corrected chi connectivity index (χ1v) is 7.96. The van der Waals surface area contributed by atoms with Crippen LogP contribution in [0.4, 0.5) is 0 Å². The highest BCUT2D eigenvalue weighted by molar-refractivity contribution is 6.32. The summed E-state index contributed by atoms with van der Waals surface area (Å²) >= 11 is 5.96. The molecule has 23 heavy (non-hydrogen) atoms. The van der Waals surface area contributed by atoms with Gasteiger partial charge in [-0.2, -0.15) is 0 Å². The number of halogens is 1. The van der Waals surface area contributed by atoms with Crippen LogP contribution in [0.1, 0.15) is 27.5 Å². The first-order valence-electron chi connectivity index (χ1n) is 7.59. The third-order valence-electron chi connectivity index (χ3n) is 4.06. The predicted octanol–water partition coefficient (Wildman–Crippen LogP) is 2.24. The molecule has 2 atom stereocenters. The molecule has 3 N–H and O–H groups in total. The van der Waals surface area contributed by atoms with E-state index in [1.54, 1.807) is 18.3 Å². The van der Waals surface area contributed by atoms with Crippen molar-refractivity contribution in [3.05, 3.63) is 64.4 Å². The Morgan fingerprint density at radius 3 is 2.87 bits per heavy atom. The Morgan fingerprint density at radius 1 is 1.35 bits per heavy atom. The zero-order valence-corrected chi connectivity index (χ0v) is 13.6. The number of hydrazine groups is 1. The second kappa shape index (κ2) is 7.08. The fourth-order valence-corrected chi connectivity index (χ4v) is 2.93. The Hall–Kier alpha value is -1.95. The highest BCUT2D eigenvalue weighted by atomic mass is 35.5. The summed E-state index contributed by atoms with van der Waals surface area (Å²) < 4.78 is 0. The van der Waals surface area contributed by atoms with Crippen LogP contribution in [-0.2, 0) is 0 Å². The van der Waals surface area contributed by atoms with E-state index in [0.717, 1.165) is 6.54 Å². The van der Waals surface area contributed by atoms with Crippen molar-refractivity contribution >= 4 is 17.5 Å². The molecule has 1 aromatic carbocycles. The van der Waals surface area contributed by atoms with E-state index in [2.05, 4.69) is 52.3 Å². The minimum absolute atomic E-state index is 0.167. The first kappa shape index (κ1) is 15.9. The molecule has 120 valence electrons. The third-order valence-corrected chi connectivity index (χ3v) is 4.36. The van der Waals surface area contributed by atoms with E-state index in [1.165, 1.54) is 11.1 Å². The van der Waals surface area contributed by atoms with Crippen LogP contribution in [0.25, 0.3) is 0 Å². The average molecular weight is 331 g/mol. The first-order chi connectivity index (χ1) is 11.1. The van der Waals surface area contributed by atoms with Gasteiger partial charge in [0.2, 0.25) is 0 Å². The Balaban J connectivity index is 1.64. The van der Waals surface area contributed by atoms with E-state index >= 15 is 0 Å². The molecule has 3 rings (SSSR count). The summed E-state index contributed by atoms with van der Waals surface area (Å²) in [5.74, 6) is 0.0646. The lowest BCUT2D eigenvalue weighted by atomic mass is 9.94. The van der Waals surface area contributed by atoms with Gasteiger partial charge in [0.25, 0.3) is 5.91 Å². The molecule has 2 unspecified atom stereocenters. The van der Waals surface area contributed by atoms with E-state index in [-0.39, 0.29) is 23.0 Å². The molecular weight excluding hydrogens is 312 g/mol. The van der Waals surface area contributed by atoms with Gasteiger partial charge in [0, 0.05) is 25.2 Å². The van der Waals surface area contributed by atoms with Crippen LogP contribution >= 0.6 is 11.6 Å². The number of aromatic nitrogens is 1. The summed E-state index contributed by atoms with van der Waals surface area (Å²) in [7, 11) is 0. The summed E-state index contributed by atoms with van der Waals surface area (Å²) in [6.45, 7) is 3.42. The van der Waals surface area contributed by atoms with Crippen molar-refractivity contribution < 1.29 is 4.79 Å². The largest absolute Gasteiger partial charge is 0.352 e. The molecule has 6 heteroatoms. The zero-order chi connectivity index (χ0) is 16.2. The summed E-state index contributed by atoms with van der Waals surface area (Å²) in [4.78, 5) is 16.2. The Kier molecular flexibility index (Phi) is 4.91. The number of nitrogens with zero attached hydrogens (tertiary/aromatic N) is 1. The van der Waals surface area contributed by atoms with Crippen LogP contribution in [-0.4, -0.2) is 24.0 Å². The normalized spacial score (nSPS) is 20.4. The third kappa shape index (κ3) is 3.69. The lowest BCUT2D eigenvalue weighted by Gasteiger charge is -2.19. The molecule has 1 aromatic heterocycles. The second-order valence-electron chi connectivity index (χ2n) is 5.73. The molecule has 0 spiro atoms. The van der Waals surface area contributed by atoms with Gasteiger partial charge in [-0.3, -0.25) is 10.2 Å². The number of carbonyl (C=O) groups is 1. The number of pyridine rings is 1. The number of rotatable bonds is 4. The van der Waals surface area contributed by atoms with Crippen molar-refractivity contribution in [2.24, 2.45) is 5.92 Å². The standard InChI is InChI=1S/C17H19ClN4O/c1-11-4-6-12(7-5-11)15-13(10-21-22-15)9-20-17(23)14-3-2-8-19-16(14)18/h2-8,13,15,21-22H,9-10H2,1H3,(H,20,23). The minimum atomic E-state index is -0.197. The maximum Gasteiger partial charge on any atom is 0.254 e. The van der Waals surface area contributed by atoms with E-state index < -0.39 is 0 Å². The Labute approximate surface area is 140 Å². The molecule has 1 amide bonds. The molecule has 1 aliphatic heterocycles.